The Morgan fingerprint density at radius 3 is 2.06 bits per heavy atom. The summed E-state index contributed by atoms with van der Waals surface area (Å²) in [5.74, 6) is -1.09. The minimum absolute atomic E-state index is 0.0121. The molecule has 2 aromatic carbocycles. The van der Waals surface area contributed by atoms with E-state index < -0.39 is 11.6 Å². The predicted octanol–water partition coefficient (Wildman–Crippen LogP) is 4.66. The molecule has 2 amide bonds. The fourth-order valence-electron chi connectivity index (χ4n) is 4.78. The molecule has 2 N–H and O–H groups in total. The highest BCUT2D eigenvalue weighted by Crippen LogP contribution is 2.45. The molecule has 0 aromatic heterocycles. The molecule has 2 aromatic rings. The number of carbonyl (C=O) groups excluding carboxylic acids is 2. The van der Waals surface area contributed by atoms with Crippen LogP contribution in [-0.2, 0) is 9.59 Å². The average Bonchev–Trinajstić information content (AvgIpc) is 3.15. The average molecular weight is 513 g/mol. The summed E-state index contributed by atoms with van der Waals surface area (Å²) < 4.78 is 37.8. The van der Waals surface area contributed by atoms with Crippen molar-refractivity contribution in [2.45, 2.75) is 43.7 Å². The van der Waals surface area contributed by atoms with Gasteiger partial charge in [0.05, 0.1) is 10.0 Å². The maximum atomic E-state index is 13.5. The molecule has 0 heterocycles. The topological polar surface area (TPSA) is 76.7 Å². The Morgan fingerprint density at radius 2 is 1.47 bits per heavy atom. The lowest BCUT2D eigenvalue weighted by molar-refractivity contribution is -0.126. The smallest absolute Gasteiger partial charge is 0.258 e. The number of hydrogen-bond acceptors (Lipinski definition) is 4. The Balaban J connectivity index is 1.22. The van der Waals surface area contributed by atoms with Crippen LogP contribution in [0.25, 0.3) is 0 Å². The minimum Gasteiger partial charge on any atom is -0.484 e. The van der Waals surface area contributed by atoms with Gasteiger partial charge in [-0.15, -0.1) is 0 Å². The van der Waals surface area contributed by atoms with Gasteiger partial charge in [0, 0.05) is 23.7 Å². The van der Waals surface area contributed by atoms with Gasteiger partial charge in [-0.1, -0.05) is 23.2 Å². The Labute approximate surface area is 205 Å². The molecular weight excluding hydrogens is 489 g/mol. The van der Waals surface area contributed by atoms with Gasteiger partial charge >= 0.3 is 0 Å². The highest BCUT2D eigenvalue weighted by atomic mass is 35.5. The van der Waals surface area contributed by atoms with Crippen LogP contribution in [0.15, 0.2) is 36.4 Å². The molecule has 182 valence electrons. The molecule has 3 atom stereocenters. The monoisotopic (exact) mass is 512 g/mol. The minimum atomic E-state index is -0.609. The maximum absolute atomic E-state index is 13.5. The summed E-state index contributed by atoms with van der Waals surface area (Å²) in [7, 11) is 0. The number of benzene rings is 2. The third-order valence-corrected chi connectivity index (χ3v) is 7.04. The molecule has 0 radical (unpaired) electrons. The molecular formula is C24H24Cl2F2N2O4. The van der Waals surface area contributed by atoms with E-state index in [1.165, 1.54) is 24.3 Å². The lowest BCUT2D eigenvalue weighted by Gasteiger charge is -2.38. The van der Waals surface area contributed by atoms with Crippen LogP contribution in [0.2, 0.25) is 10.0 Å². The number of hydrogen-bond donors (Lipinski definition) is 2. The SMILES string of the molecule is O=C(COc1ccc(Cl)c(F)c1)N[C@@H]1CC[C@]2(NC(=O)COc3ccc(Cl)c(F)c3)CC[C@H]1C2. The van der Waals surface area contributed by atoms with Crippen LogP contribution in [0.5, 0.6) is 11.5 Å². The number of carbonyl (C=O) groups is 2. The van der Waals surface area contributed by atoms with Crippen molar-refractivity contribution in [1.29, 1.82) is 0 Å². The summed E-state index contributed by atoms with van der Waals surface area (Å²) in [6, 6.07) is 8.01. The molecule has 10 heteroatoms. The molecule has 2 bridgehead atoms. The van der Waals surface area contributed by atoms with Crippen molar-refractivity contribution in [3.8, 4) is 11.5 Å². The van der Waals surface area contributed by atoms with E-state index in [0.717, 1.165) is 44.2 Å². The van der Waals surface area contributed by atoms with Crippen LogP contribution in [-0.4, -0.2) is 36.6 Å². The van der Waals surface area contributed by atoms with Gasteiger partial charge in [0.1, 0.15) is 23.1 Å². The van der Waals surface area contributed by atoms with E-state index in [4.69, 9.17) is 32.7 Å². The zero-order valence-corrected chi connectivity index (χ0v) is 19.7. The molecule has 2 aliphatic rings. The van der Waals surface area contributed by atoms with Crippen LogP contribution in [0, 0.1) is 17.6 Å². The van der Waals surface area contributed by atoms with Crippen molar-refractivity contribution in [3.63, 3.8) is 0 Å². The van der Waals surface area contributed by atoms with Crippen molar-refractivity contribution >= 4 is 35.0 Å². The first kappa shape index (κ1) is 24.5. The largest absolute Gasteiger partial charge is 0.484 e. The maximum Gasteiger partial charge on any atom is 0.258 e. The number of nitrogens with one attached hydrogen (secondary N) is 2. The number of ether oxygens (including phenoxy) is 2. The van der Waals surface area contributed by atoms with E-state index in [1.54, 1.807) is 0 Å². The molecule has 4 rings (SSSR count). The summed E-state index contributed by atoms with van der Waals surface area (Å²) in [6.45, 7) is -0.453. The Bertz CT molecular complexity index is 1090. The summed E-state index contributed by atoms with van der Waals surface area (Å²) in [6.07, 6.45) is 3.88. The van der Waals surface area contributed by atoms with Crippen LogP contribution in [0.4, 0.5) is 8.78 Å². The molecule has 2 aliphatic carbocycles. The number of halogens is 4. The predicted molar refractivity (Wildman–Crippen MR) is 123 cm³/mol. The molecule has 34 heavy (non-hydrogen) atoms. The molecule has 2 fully saturated rings. The van der Waals surface area contributed by atoms with Gasteiger partial charge in [0.15, 0.2) is 13.2 Å². The van der Waals surface area contributed by atoms with Crippen molar-refractivity contribution in [2.24, 2.45) is 5.92 Å². The summed E-state index contributed by atoms with van der Waals surface area (Å²) in [5.41, 5.74) is -0.324. The zero-order valence-electron chi connectivity index (χ0n) is 18.2. The van der Waals surface area contributed by atoms with E-state index >= 15 is 0 Å². The molecule has 2 saturated carbocycles. The van der Waals surface area contributed by atoms with Gasteiger partial charge in [-0.2, -0.15) is 0 Å². The fraction of sp³-hybridized carbons (Fsp3) is 0.417. The van der Waals surface area contributed by atoms with Gasteiger partial charge in [0.25, 0.3) is 11.8 Å². The summed E-state index contributed by atoms with van der Waals surface area (Å²) in [4.78, 5) is 24.8. The first-order valence-corrected chi connectivity index (χ1v) is 11.7. The number of amides is 2. The standard InChI is InChI=1S/C24H24Cl2F2N2O4/c25-17-3-1-15(9-19(17)27)33-12-22(31)29-21-6-8-24(7-5-14(21)11-24)30-23(32)13-34-16-2-4-18(26)20(28)10-16/h1-4,9-10,14,21H,5-8,11-13H2,(H,29,31)(H,30,32)/t14-,21+,24+/m0/s1. The quantitative estimate of drug-likeness (QED) is 0.539. The second-order valence-electron chi connectivity index (χ2n) is 8.77. The highest BCUT2D eigenvalue weighted by molar-refractivity contribution is 6.31. The van der Waals surface area contributed by atoms with Crippen LogP contribution in [0.3, 0.4) is 0 Å². The van der Waals surface area contributed by atoms with Crippen molar-refractivity contribution in [3.05, 3.63) is 58.1 Å². The summed E-state index contributed by atoms with van der Waals surface area (Å²) >= 11 is 11.3. The third kappa shape index (κ3) is 5.91. The van der Waals surface area contributed by atoms with E-state index in [0.29, 0.717) is 0 Å². The van der Waals surface area contributed by atoms with E-state index in [2.05, 4.69) is 10.6 Å². The highest BCUT2D eigenvalue weighted by Gasteiger charge is 2.47. The third-order valence-electron chi connectivity index (χ3n) is 6.42. The molecule has 0 unspecified atom stereocenters. The Morgan fingerprint density at radius 1 is 0.912 bits per heavy atom. The number of fused-ring (bicyclic) bond motifs is 2. The molecule has 6 nitrogen and oxygen atoms in total. The summed E-state index contributed by atoms with van der Waals surface area (Å²) in [5, 5.41) is 6.06. The zero-order chi connectivity index (χ0) is 24.3. The second kappa shape index (κ2) is 10.4. The molecule has 0 saturated heterocycles. The van der Waals surface area contributed by atoms with Gasteiger partial charge < -0.3 is 20.1 Å². The van der Waals surface area contributed by atoms with E-state index in [9.17, 15) is 18.4 Å². The van der Waals surface area contributed by atoms with E-state index in [1.807, 2.05) is 0 Å². The Hall–Kier alpha value is -2.58. The lowest BCUT2D eigenvalue weighted by atomic mass is 9.80. The van der Waals surface area contributed by atoms with Crippen molar-refractivity contribution in [1.82, 2.24) is 10.6 Å². The van der Waals surface area contributed by atoms with Gasteiger partial charge in [-0.25, -0.2) is 8.78 Å². The Kier molecular flexibility index (Phi) is 7.48. The first-order chi connectivity index (χ1) is 16.2. The van der Waals surface area contributed by atoms with Gasteiger partial charge in [0.2, 0.25) is 0 Å². The van der Waals surface area contributed by atoms with Crippen molar-refractivity contribution < 1.29 is 27.8 Å². The second-order valence-corrected chi connectivity index (χ2v) is 9.59. The van der Waals surface area contributed by atoms with E-state index in [-0.39, 0.29) is 64.1 Å². The van der Waals surface area contributed by atoms with Crippen LogP contribution >= 0.6 is 23.2 Å². The first-order valence-electron chi connectivity index (χ1n) is 11.0. The van der Waals surface area contributed by atoms with Crippen LogP contribution in [0.1, 0.15) is 32.1 Å². The molecule has 0 aliphatic heterocycles. The van der Waals surface area contributed by atoms with Gasteiger partial charge in [-0.3, -0.25) is 9.59 Å². The number of rotatable bonds is 8. The lowest BCUT2D eigenvalue weighted by Crippen LogP contribution is -2.53. The normalized spacial score (nSPS) is 23.3. The van der Waals surface area contributed by atoms with Gasteiger partial charge in [-0.05, 0) is 62.3 Å². The van der Waals surface area contributed by atoms with Crippen LogP contribution < -0.4 is 20.1 Å². The fourth-order valence-corrected chi connectivity index (χ4v) is 5.02. The van der Waals surface area contributed by atoms with Crippen molar-refractivity contribution in [2.75, 3.05) is 13.2 Å². The molecule has 0 spiro atoms.